The molecular formula is C31H20F4N6O2. The number of hydrogen-bond acceptors (Lipinski definition) is 5. The highest BCUT2D eigenvalue weighted by molar-refractivity contribution is 6.05. The van der Waals surface area contributed by atoms with E-state index in [4.69, 9.17) is 0 Å². The molecule has 0 fully saturated rings. The number of aryl methyl sites for hydroxylation is 1. The Balaban J connectivity index is 1.32. The predicted molar refractivity (Wildman–Crippen MR) is 150 cm³/mol. The van der Waals surface area contributed by atoms with Crippen LogP contribution in [0.5, 0.6) is 0 Å². The van der Waals surface area contributed by atoms with Crippen LogP contribution in [0.25, 0.3) is 5.69 Å². The van der Waals surface area contributed by atoms with Crippen LogP contribution in [0.2, 0.25) is 0 Å². The Labute approximate surface area is 242 Å². The molecule has 2 heterocycles. The lowest BCUT2D eigenvalue weighted by atomic mass is 10.0. The molecule has 0 saturated heterocycles. The molecular weight excluding hydrogens is 564 g/mol. The van der Waals surface area contributed by atoms with Gasteiger partial charge in [-0.1, -0.05) is 24.1 Å². The molecule has 0 radical (unpaired) electrons. The molecule has 0 unspecified atom stereocenters. The number of carbonyl (C=O) groups excluding carboxylic acids is 2. The van der Waals surface area contributed by atoms with Gasteiger partial charge in [0.05, 0.1) is 29.8 Å². The largest absolute Gasteiger partial charge is 0.416 e. The second-order valence-electron chi connectivity index (χ2n) is 9.19. The smallest absolute Gasteiger partial charge is 0.322 e. The van der Waals surface area contributed by atoms with Crippen LogP contribution in [0.15, 0.2) is 91.8 Å². The second kappa shape index (κ2) is 12.0. The van der Waals surface area contributed by atoms with Crippen molar-refractivity contribution in [3.05, 3.63) is 131 Å². The van der Waals surface area contributed by atoms with Gasteiger partial charge in [-0.3, -0.25) is 9.59 Å². The van der Waals surface area contributed by atoms with Crippen molar-refractivity contribution in [2.45, 2.75) is 13.1 Å². The summed E-state index contributed by atoms with van der Waals surface area (Å²) in [5.74, 6) is 3.85. The van der Waals surface area contributed by atoms with Gasteiger partial charge in [-0.05, 0) is 60.9 Å². The number of imidazole rings is 1. The van der Waals surface area contributed by atoms with Crippen molar-refractivity contribution >= 4 is 23.3 Å². The lowest BCUT2D eigenvalue weighted by molar-refractivity contribution is -0.137. The van der Waals surface area contributed by atoms with Crippen LogP contribution >= 0.6 is 0 Å². The minimum Gasteiger partial charge on any atom is -0.322 e. The first-order chi connectivity index (χ1) is 20.6. The number of amides is 2. The Hall–Kier alpha value is -5.83. The summed E-state index contributed by atoms with van der Waals surface area (Å²) in [4.78, 5) is 37.4. The van der Waals surface area contributed by atoms with E-state index in [9.17, 15) is 27.2 Å². The highest BCUT2D eigenvalue weighted by Gasteiger charge is 2.31. The first-order valence-corrected chi connectivity index (χ1v) is 12.6. The Kier molecular flexibility index (Phi) is 7.98. The first kappa shape index (κ1) is 28.7. The van der Waals surface area contributed by atoms with Crippen molar-refractivity contribution in [1.29, 1.82) is 0 Å². The first-order valence-electron chi connectivity index (χ1n) is 12.6. The number of nitrogens with zero attached hydrogens (tertiary/aromatic N) is 4. The molecule has 0 atom stereocenters. The van der Waals surface area contributed by atoms with Crippen LogP contribution in [-0.4, -0.2) is 31.3 Å². The quantitative estimate of drug-likeness (QED) is 0.194. The molecule has 5 rings (SSSR count). The summed E-state index contributed by atoms with van der Waals surface area (Å²) < 4.78 is 55.9. The summed E-state index contributed by atoms with van der Waals surface area (Å²) in [6.45, 7) is 1.78. The van der Waals surface area contributed by atoms with Crippen LogP contribution < -0.4 is 10.6 Å². The van der Waals surface area contributed by atoms with Crippen molar-refractivity contribution in [2.75, 3.05) is 10.6 Å². The van der Waals surface area contributed by atoms with Gasteiger partial charge in [0.1, 0.15) is 11.5 Å². The Morgan fingerprint density at radius 1 is 0.907 bits per heavy atom. The Bertz CT molecular complexity index is 1880. The van der Waals surface area contributed by atoms with E-state index < -0.39 is 29.4 Å². The van der Waals surface area contributed by atoms with Crippen molar-refractivity contribution in [3.63, 3.8) is 0 Å². The number of benzene rings is 3. The SMILES string of the molecule is Cc1ccc(C(=O)Nc2cc(-n3ccnc3)cc(C(F)(F)F)c2)cc1C#Cc1cnc(NC(=O)c2ccccc2F)cn1. The van der Waals surface area contributed by atoms with Crippen LogP contribution in [0.1, 0.15) is 43.1 Å². The summed E-state index contributed by atoms with van der Waals surface area (Å²) in [6, 6.07) is 13.5. The highest BCUT2D eigenvalue weighted by Crippen LogP contribution is 2.33. The highest BCUT2D eigenvalue weighted by atomic mass is 19.4. The van der Waals surface area contributed by atoms with Gasteiger partial charge in [0.2, 0.25) is 0 Å². The number of nitrogens with one attached hydrogen (secondary N) is 2. The van der Waals surface area contributed by atoms with Gasteiger partial charge in [-0.15, -0.1) is 0 Å². The topological polar surface area (TPSA) is 102 Å². The summed E-state index contributed by atoms with van der Waals surface area (Å²) in [6.07, 6.45) is 2.24. The second-order valence-corrected chi connectivity index (χ2v) is 9.19. The van der Waals surface area contributed by atoms with E-state index in [0.29, 0.717) is 5.56 Å². The van der Waals surface area contributed by atoms with Gasteiger partial charge in [-0.2, -0.15) is 13.2 Å². The van der Waals surface area contributed by atoms with Crippen LogP contribution in [0.4, 0.5) is 29.1 Å². The summed E-state index contributed by atoms with van der Waals surface area (Å²) >= 11 is 0. The average Bonchev–Trinajstić information content (AvgIpc) is 3.52. The number of halogens is 4. The van der Waals surface area contributed by atoms with E-state index in [1.807, 2.05) is 0 Å². The molecule has 12 heteroatoms. The zero-order valence-electron chi connectivity index (χ0n) is 22.3. The summed E-state index contributed by atoms with van der Waals surface area (Å²) in [5.41, 5.74) is 0.721. The minimum atomic E-state index is -4.63. The molecule has 0 aliphatic carbocycles. The zero-order chi connectivity index (χ0) is 30.6. The van der Waals surface area contributed by atoms with Crippen molar-refractivity contribution in [2.24, 2.45) is 0 Å². The van der Waals surface area contributed by atoms with Gasteiger partial charge in [0, 0.05) is 34.9 Å². The normalized spacial score (nSPS) is 10.9. The number of hydrogen-bond donors (Lipinski definition) is 2. The van der Waals surface area contributed by atoms with E-state index in [2.05, 4.69) is 37.4 Å². The molecule has 8 nitrogen and oxygen atoms in total. The van der Waals surface area contributed by atoms with Gasteiger partial charge in [0.15, 0.2) is 5.82 Å². The third kappa shape index (κ3) is 6.91. The molecule has 0 aliphatic heterocycles. The van der Waals surface area contributed by atoms with E-state index in [1.165, 1.54) is 78.1 Å². The molecule has 43 heavy (non-hydrogen) atoms. The fourth-order valence-corrected chi connectivity index (χ4v) is 3.93. The van der Waals surface area contributed by atoms with E-state index in [-0.39, 0.29) is 34.0 Å². The number of rotatable bonds is 5. The molecule has 5 aromatic rings. The zero-order valence-corrected chi connectivity index (χ0v) is 22.3. The molecule has 0 bridgehead atoms. The van der Waals surface area contributed by atoms with Gasteiger partial charge >= 0.3 is 6.18 Å². The molecule has 3 aromatic carbocycles. The molecule has 2 amide bonds. The lowest BCUT2D eigenvalue weighted by Crippen LogP contribution is -2.14. The lowest BCUT2D eigenvalue weighted by Gasteiger charge is -2.14. The number of alkyl halides is 3. The maximum absolute atomic E-state index is 13.8. The molecule has 2 aromatic heterocycles. The van der Waals surface area contributed by atoms with Crippen molar-refractivity contribution in [3.8, 4) is 17.5 Å². The fourth-order valence-electron chi connectivity index (χ4n) is 3.93. The standard InChI is InChI=1S/C31H20F4N6O2/c1-19-6-7-21(29(42)39-24-13-22(31(33,34)35)14-25(15-24)41-11-10-36-18-41)12-20(19)8-9-23-16-38-28(17-37-23)40-30(43)26-4-2-3-5-27(26)32/h2-7,10-18H,1H3,(H,39,42)(H,38,40,43). The third-order valence-electron chi connectivity index (χ3n) is 6.14. The fraction of sp³-hybridized carbons (Fsp3) is 0.0645. The molecule has 214 valence electrons. The molecule has 0 aliphatic rings. The monoisotopic (exact) mass is 584 g/mol. The minimum absolute atomic E-state index is 0.0470. The van der Waals surface area contributed by atoms with Crippen molar-refractivity contribution in [1.82, 2.24) is 19.5 Å². The predicted octanol–water partition coefficient (Wildman–Crippen LogP) is 6.03. The van der Waals surface area contributed by atoms with Gasteiger partial charge in [-0.25, -0.2) is 19.3 Å². The van der Waals surface area contributed by atoms with Crippen LogP contribution in [0, 0.1) is 24.6 Å². The van der Waals surface area contributed by atoms with Crippen LogP contribution in [-0.2, 0) is 6.18 Å². The average molecular weight is 585 g/mol. The van der Waals surface area contributed by atoms with Gasteiger partial charge in [0.25, 0.3) is 11.8 Å². The number of carbonyl (C=O) groups is 2. The maximum atomic E-state index is 13.8. The van der Waals surface area contributed by atoms with E-state index in [0.717, 1.165) is 17.7 Å². The summed E-state index contributed by atoms with van der Waals surface area (Å²) in [7, 11) is 0. The molecule has 2 N–H and O–H groups in total. The summed E-state index contributed by atoms with van der Waals surface area (Å²) in [5, 5.41) is 4.99. The maximum Gasteiger partial charge on any atom is 0.416 e. The van der Waals surface area contributed by atoms with Crippen LogP contribution in [0.3, 0.4) is 0 Å². The van der Waals surface area contributed by atoms with E-state index >= 15 is 0 Å². The van der Waals surface area contributed by atoms with E-state index in [1.54, 1.807) is 13.0 Å². The molecule has 0 spiro atoms. The number of aromatic nitrogens is 4. The third-order valence-corrected chi connectivity index (χ3v) is 6.14. The Morgan fingerprint density at radius 2 is 1.72 bits per heavy atom. The van der Waals surface area contributed by atoms with Crippen molar-refractivity contribution < 1.29 is 27.2 Å². The molecule has 0 saturated carbocycles. The van der Waals surface area contributed by atoms with Gasteiger partial charge < -0.3 is 15.2 Å². The Morgan fingerprint density at radius 3 is 2.42 bits per heavy atom. The number of anilines is 2.